The molecular weight excluding hydrogens is 1830 g/mol. The average Bonchev–Trinajstić information content (AvgIpc) is 0.750. The van der Waals surface area contributed by atoms with Crippen molar-refractivity contribution in [3.63, 3.8) is 0 Å². The quantitative estimate of drug-likeness (QED) is 0.00768. The summed E-state index contributed by atoms with van der Waals surface area (Å²) >= 11 is 12.4. The van der Waals surface area contributed by atoms with Gasteiger partial charge in [0.15, 0.2) is 45.1 Å². The van der Waals surface area contributed by atoms with E-state index in [4.69, 9.17) is 32.3 Å². The first-order chi connectivity index (χ1) is 53.8. The molecule has 12 N–H and O–H groups in total. The van der Waals surface area contributed by atoms with Crippen molar-refractivity contribution in [2.24, 2.45) is 20.5 Å². The summed E-state index contributed by atoms with van der Waals surface area (Å²) in [7, 11) is -45.3. The molecule has 2 heterocycles. The molecule has 1 unspecified atom stereocenters. The maximum Gasteiger partial charge on any atom is 0.397 e. The molecule has 44 nitrogen and oxygen atoms in total. The number of phenolic OH excluding ortho intramolecular Hbond substituents is 2. The van der Waals surface area contributed by atoms with Gasteiger partial charge in [0.25, 0.3) is 40.5 Å². The Hall–Kier alpha value is -8.98. The fourth-order valence-electron chi connectivity index (χ4n) is 10.3. The maximum absolute atomic E-state index is 13.5. The van der Waals surface area contributed by atoms with E-state index in [1.807, 2.05) is 0 Å². The second-order valence-electron chi connectivity index (χ2n) is 23.4. The topological polar surface area (TPSA) is 697 Å². The zero-order valence-corrected chi connectivity index (χ0v) is 68.6. The Labute approximate surface area is 675 Å². The lowest BCUT2D eigenvalue weighted by atomic mass is 9.91. The highest BCUT2D eigenvalue weighted by Gasteiger charge is 2.36. The van der Waals surface area contributed by atoms with Gasteiger partial charge in [-0.2, -0.15) is 90.6 Å². The van der Waals surface area contributed by atoms with Gasteiger partial charge in [0, 0.05) is 40.3 Å². The van der Waals surface area contributed by atoms with Gasteiger partial charge >= 0.3 is 20.8 Å². The summed E-state index contributed by atoms with van der Waals surface area (Å²) in [6.45, 7) is -1.80. The minimum absolute atomic E-state index is 0.0804. The first kappa shape index (κ1) is 89.4. The van der Waals surface area contributed by atoms with Crippen molar-refractivity contribution in [1.82, 2.24) is 29.9 Å². The van der Waals surface area contributed by atoms with Crippen LogP contribution in [0.2, 0.25) is 10.6 Å². The van der Waals surface area contributed by atoms with Crippen molar-refractivity contribution in [2.45, 2.75) is 46.7 Å². The zero-order chi connectivity index (χ0) is 85.1. The molecule has 1 atom stereocenters. The lowest BCUT2D eigenvalue weighted by Gasteiger charge is -2.27. The van der Waals surface area contributed by atoms with Gasteiger partial charge in [-0.05, 0) is 162 Å². The van der Waals surface area contributed by atoms with Crippen molar-refractivity contribution in [2.75, 3.05) is 69.0 Å². The normalized spacial score (nSPS) is 14.2. The molecule has 58 heteroatoms. The zero-order valence-electron chi connectivity index (χ0n) is 57.3. The van der Waals surface area contributed by atoms with Crippen LogP contribution in [0.4, 0.5) is 63.6 Å². The van der Waals surface area contributed by atoms with Crippen LogP contribution in [-0.2, 0) is 109 Å². The minimum Gasteiger partial charge on any atom is -0.505 e. The van der Waals surface area contributed by atoms with Crippen LogP contribution in [0.1, 0.15) is 23.6 Å². The standard InChI is InChI=1S/C58H52Cl2N14O30S12/c59-53-65-55(61-33-1-9-37(10-2-33)107(77,78)21-17-103-115(97,98)99)69-57(67-53)63-43-29-41(111(85,86)87)25-31-27-45(113(91,92)93)49(51(75)47(31)43)73-71-35-5-13-39(14-6-35)109(81,82)23-19-105-106-20-24-110(83,84)40-15-7-36(8-16-40)72-74-50-46(114(94,95)96)28-32-26-42(112(88,89)90)30-44(48(32)52(50)76)64-58-68-54(60)66-56(70-58)62-34-3-11-38(12-4-34)108(79,80)22-18-104-116(100,101)102/h1-16,25-29,44,75-76H,17-24,30H2,(H,85,86,87)(H,88,89,90)(H,91,92,93)(H,94,95,96)(H,97,98,99)(H,100,101,102)(H2,61,63,65,67,69)(H2,62,64,66,68,70). The molecule has 620 valence electrons. The number of halogens is 2. The molecule has 0 radical (unpaired) electrons. The van der Waals surface area contributed by atoms with Gasteiger partial charge in [-0.15, -0.1) is 10.2 Å². The summed E-state index contributed by atoms with van der Waals surface area (Å²) in [4.78, 5) is 19.0. The summed E-state index contributed by atoms with van der Waals surface area (Å²) in [5.41, 5.74) is -3.19. The maximum atomic E-state index is 13.5. The van der Waals surface area contributed by atoms with E-state index < -0.39 is 236 Å². The van der Waals surface area contributed by atoms with E-state index in [-0.39, 0.29) is 71.3 Å². The Balaban J connectivity index is 0.772. The highest BCUT2D eigenvalue weighted by molar-refractivity contribution is 8.76. The largest absolute Gasteiger partial charge is 0.505 e. The number of hydrogen-bond acceptors (Lipinski definition) is 40. The average molecular weight is 1880 g/mol. The van der Waals surface area contributed by atoms with E-state index in [9.17, 15) is 113 Å². The second kappa shape index (κ2) is 34.9. The molecule has 0 fully saturated rings. The Bertz CT molecular complexity index is 6740. The Morgan fingerprint density at radius 3 is 1.22 bits per heavy atom. The molecule has 1 aliphatic rings. The van der Waals surface area contributed by atoms with Gasteiger partial charge in [-0.3, -0.25) is 27.3 Å². The van der Waals surface area contributed by atoms with Gasteiger partial charge < -0.3 is 31.5 Å². The first-order valence-electron chi connectivity index (χ1n) is 31.2. The highest BCUT2D eigenvalue weighted by atomic mass is 35.5. The lowest BCUT2D eigenvalue weighted by molar-refractivity contribution is 0.282. The van der Waals surface area contributed by atoms with Gasteiger partial charge in [-0.1, -0.05) is 21.6 Å². The van der Waals surface area contributed by atoms with E-state index in [1.165, 1.54) is 24.3 Å². The van der Waals surface area contributed by atoms with Crippen molar-refractivity contribution < 1.29 is 130 Å². The molecule has 0 bridgehead atoms. The van der Waals surface area contributed by atoms with Crippen LogP contribution in [0.5, 0.6) is 11.5 Å². The van der Waals surface area contributed by atoms with Crippen LogP contribution in [0.15, 0.2) is 181 Å². The number of aromatic nitrogens is 6. The van der Waals surface area contributed by atoms with Crippen LogP contribution in [-0.4, -0.2) is 199 Å². The fourth-order valence-corrected chi connectivity index (χ4v) is 22.1. The first-order valence-corrected chi connectivity index (χ1v) is 49.5. The fraction of sp³-hybridized carbons (Fsp3) is 0.172. The molecule has 0 aliphatic heterocycles. The predicted octanol–water partition coefficient (Wildman–Crippen LogP) is 8.33. The second-order valence-corrected chi connectivity index (χ2v) is 43.0. The number of benzene rings is 7. The molecule has 0 spiro atoms. The molecule has 0 saturated carbocycles. The number of aromatic hydroxyl groups is 2. The third-order valence-electron chi connectivity index (χ3n) is 15.4. The van der Waals surface area contributed by atoms with Crippen LogP contribution in [0.25, 0.3) is 16.8 Å². The van der Waals surface area contributed by atoms with Crippen LogP contribution in [0, 0.1) is 0 Å². The Morgan fingerprint density at radius 2 is 0.810 bits per heavy atom. The van der Waals surface area contributed by atoms with E-state index in [1.54, 1.807) is 0 Å². The summed E-state index contributed by atoms with van der Waals surface area (Å²) in [5.74, 6) is -6.61. The van der Waals surface area contributed by atoms with Crippen LogP contribution in [0.3, 0.4) is 0 Å². The summed E-state index contributed by atoms with van der Waals surface area (Å²) in [5, 5.41) is 47.8. The van der Waals surface area contributed by atoms with Gasteiger partial charge in [0.1, 0.15) is 26.9 Å². The number of hydrogen-bond donors (Lipinski definition) is 12. The molecule has 7 aromatic carbocycles. The van der Waals surface area contributed by atoms with E-state index >= 15 is 0 Å². The van der Waals surface area contributed by atoms with E-state index in [0.29, 0.717) is 18.2 Å². The third-order valence-corrected chi connectivity index (χ3v) is 30.0. The Morgan fingerprint density at radius 1 is 0.422 bits per heavy atom. The Kier molecular flexibility index (Phi) is 26.9. The predicted molar refractivity (Wildman–Crippen MR) is 415 cm³/mol. The van der Waals surface area contributed by atoms with Crippen LogP contribution < -0.4 is 21.3 Å². The molecular formula is C58H52Cl2N14O30S12. The summed E-state index contributed by atoms with van der Waals surface area (Å²) in [6.07, 6.45) is 0.0808. The van der Waals surface area contributed by atoms with E-state index in [0.717, 1.165) is 107 Å². The highest BCUT2D eigenvalue weighted by Crippen LogP contribution is 2.49. The number of anilines is 7. The van der Waals surface area contributed by atoms with Crippen LogP contribution >= 0.6 is 44.8 Å². The SMILES string of the molecule is O=S(=O)(O)OCCS(=O)(=O)c1ccc(Nc2nc(Cl)nc(Nc3cc(S(=O)(=O)O)cc4cc(S(=O)(=O)O)c(N=Nc5ccc(S(=O)(=O)CCSSCCS(=O)(=O)c6ccc(N=Nc7c(S(=O)(=O)O)cc8c(c7O)C(Nc7nc(Cl)nc(Nc9ccc(S(=O)(=O)CCOS(=O)(=O)O)cc9)n7)CC(S(=O)(=O)O)=C8)cc6)cc5)c(O)c34)n2)cc1. The summed E-state index contributed by atoms with van der Waals surface area (Å²) < 4.78 is 316. The number of nitrogens with one attached hydrogen (secondary N) is 4. The molecule has 0 amide bonds. The van der Waals surface area contributed by atoms with Crippen molar-refractivity contribution in [3.05, 3.63) is 148 Å². The third kappa shape index (κ3) is 23.5. The molecule has 1 aliphatic carbocycles. The van der Waals surface area contributed by atoms with Gasteiger partial charge in [0.2, 0.25) is 34.4 Å². The minimum atomic E-state index is -5.39. The molecule has 0 saturated heterocycles. The van der Waals surface area contributed by atoms with Gasteiger partial charge in [-0.25, -0.2) is 42.0 Å². The molecule has 9 aromatic rings. The number of azo groups is 2. The molecule has 116 heavy (non-hydrogen) atoms. The monoisotopic (exact) mass is 1880 g/mol. The lowest BCUT2D eigenvalue weighted by Crippen LogP contribution is -2.21. The van der Waals surface area contributed by atoms with Crippen molar-refractivity contribution in [3.8, 4) is 11.5 Å². The number of sulfone groups is 4. The summed E-state index contributed by atoms with van der Waals surface area (Å²) in [6, 6.07) is 19.6. The molecule has 10 rings (SSSR count). The number of rotatable bonds is 35. The smallest absolute Gasteiger partial charge is 0.397 e. The molecule has 2 aromatic heterocycles. The number of phenols is 2. The van der Waals surface area contributed by atoms with Gasteiger partial charge in [0.05, 0.1) is 88.7 Å². The number of nitrogens with zero attached hydrogens (tertiary/aromatic N) is 10. The van der Waals surface area contributed by atoms with Crippen molar-refractivity contribution in [1.29, 1.82) is 0 Å². The number of fused-ring (bicyclic) bond motifs is 2. The van der Waals surface area contributed by atoms with E-state index in [2.05, 4.69) is 80.0 Å². The van der Waals surface area contributed by atoms with Crippen molar-refractivity contribution >= 4 is 226 Å².